The van der Waals surface area contributed by atoms with Gasteiger partial charge in [0, 0.05) is 44.3 Å². The molecule has 1 atom stereocenters. The first kappa shape index (κ1) is 18.3. The van der Waals surface area contributed by atoms with Crippen molar-refractivity contribution in [2.75, 3.05) is 39.8 Å². The lowest BCUT2D eigenvalue weighted by Crippen LogP contribution is -2.61. The van der Waals surface area contributed by atoms with Crippen molar-refractivity contribution in [2.24, 2.45) is 0 Å². The van der Waals surface area contributed by atoms with Crippen molar-refractivity contribution in [3.05, 3.63) is 23.3 Å². The monoisotopic (exact) mass is 345 g/mol. The van der Waals surface area contributed by atoms with Crippen molar-refractivity contribution in [2.45, 2.75) is 52.1 Å². The lowest BCUT2D eigenvalue weighted by atomic mass is 9.86. The van der Waals surface area contributed by atoms with E-state index in [1.807, 2.05) is 18.7 Å². The summed E-state index contributed by atoms with van der Waals surface area (Å²) in [5.41, 5.74) is 2.43. The molecule has 25 heavy (non-hydrogen) atoms. The highest BCUT2D eigenvalue weighted by Gasteiger charge is 2.39. The SMILES string of the molecule is Cc1ncnc(C)c1C(=O)N1CCC(C)(N2CCN(C)[C@@H](C)C2)CC1. The minimum absolute atomic E-state index is 0.0874. The number of hydrogen-bond acceptors (Lipinski definition) is 5. The maximum Gasteiger partial charge on any atom is 0.257 e. The molecule has 0 aromatic carbocycles. The van der Waals surface area contributed by atoms with Crippen LogP contribution in [0.25, 0.3) is 0 Å². The molecular weight excluding hydrogens is 314 g/mol. The molecule has 2 saturated heterocycles. The number of amides is 1. The Morgan fingerprint density at radius 3 is 2.28 bits per heavy atom. The largest absolute Gasteiger partial charge is 0.338 e. The summed E-state index contributed by atoms with van der Waals surface area (Å²) in [6.07, 6.45) is 3.59. The van der Waals surface area contributed by atoms with E-state index in [1.165, 1.54) is 6.33 Å². The molecule has 0 radical (unpaired) electrons. The number of likely N-dealkylation sites (N-methyl/N-ethyl adjacent to an activating group) is 1. The number of rotatable bonds is 2. The van der Waals surface area contributed by atoms with E-state index in [-0.39, 0.29) is 11.4 Å². The average molecular weight is 345 g/mol. The van der Waals surface area contributed by atoms with E-state index in [4.69, 9.17) is 0 Å². The predicted octanol–water partition coefficient (Wildman–Crippen LogP) is 1.72. The molecule has 0 N–H and O–H groups in total. The van der Waals surface area contributed by atoms with Gasteiger partial charge in [-0.1, -0.05) is 0 Å². The Balaban J connectivity index is 1.66. The molecule has 2 fully saturated rings. The van der Waals surface area contributed by atoms with Crippen LogP contribution in [0.4, 0.5) is 0 Å². The number of likely N-dealkylation sites (tertiary alicyclic amines) is 1. The van der Waals surface area contributed by atoms with Crippen LogP contribution in [0.3, 0.4) is 0 Å². The van der Waals surface area contributed by atoms with Crippen LogP contribution in [-0.4, -0.2) is 81.9 Å². The number of piperazine rings is 1. The third-order valence-corrected chi connectivity index (χ3v) is 6.29. The number of hydrogen-bond donors (Lipinski definition) is 0. The second kappa shape index (κ2) is 7.00. The average Bonchev–Trinajstić information content (AvgIpc) is 2.57. The minimum atomic E-state index is 0.0874. The molecule has 2 aliphatic rings. The molecule has 6 heteroatoms. The number of carbonyl (C=O) groups is 1. The van der Waals surface area contributed by atoms with Crippen molar-refractivity contribution in [3.8, 4) is 0 Å². The molecule has 3 rings (SSSR count). The first-order valence-corrected chi connectivity index (χ1v) is 9.34. The van der Waals surface area contributed by atoms with Gasteiger partial charge in [-0.15, -0.1) is 0 Å². The summed E-state index contributed by atoms with van der Waals surface area (Å²) in [6.45, 7) is 13.4. The van der Waals surface area contributed by atoms with Crippen LogP contribution in [0, 0.1) is 13.8 Å². The maximum atomic E-state index is 12.9. The molecule has 3 heterocycles. The van der Waals surface area contributed by atoms with E-state index >= 15 is 0 Å². The quantitative estimate of drug-likeness (QED) is 0.817. The van der Waals surface area contributed by atoms with Gasteiger partial charge in [0.25, 0.3) is 5.91 Å². The fourth-order valence-electron chi connectivity index (χ4n) is 4.11. The van der Waals surface area contributed by atoms with Gasteiger partial charge < -0.3 is 9.80 Å². The normalized spacial score (nSPS) is 25.2. The Hall–Kier alpha value is -1.53. The number of aromatic nitrogens is 2. The molecular formula is C19H31N5O. The predicted molar refractivity (Wildman–Crippen MR) is 98.7 cm³/mol. The minimum Gasteiger partial charge on any atom is -0.338 e. The van der Waals surface area contributed by atoms with E-state index in [2.05, 4.69) is 40.7 Å². The van der Waals surface area contributed by atoms with Crippen molar-refractivity contribution in [1.29, 1.82) is 0 Å². The zero-order chi connectivity index (χ0) is 18.2. The zero-order valence-electron chi connectivity index (χ0n) is 16.2. The molecule has 1 aromatic heterocycles. The summed E-state index contributed by atoms with van der Waals surface area (Å²) in [7, 11) is 2.21. The van der Waals surface area contributed by atoms with Gasteiger partial charge in [-0.3, -0.25) is 9.69 Å². The summed E-state index contributed by atoms with van der Waals surface area (Å²) in [5, 5.41) is 0. The standard InChI is InChI=1S/C19H31N5O/c1-14-12-24(11-10-22(14)5)19(4)6-8-23(9-7-19)18(25)17-15(2)20-13-21-16(17)3/h13-14H,6-12H2,1-5H3/t14-/m0/s1. The topological polar surface area (TPSA) is 52.6 Å². The van der Waals surface area contributed by atoms with E-state index in [9.17, 15) is 4.79 Å². The molecule has 0 aliphatic carbocycles. The summed E-state index contributed by atoms with van der Waals surface area (Å²) in [6, 6.07) is 0.594. The van der Waals surface area contributed by atoms with Crippen LogP contribution < -0.4 is 0 Å². The summed E-state index contributed by atoms with van der Waals surface area (Å²) in [4.78, 5) is 28.4. The Kier molecular flexibility index (Phi) is 5.11. The number of carbonyl (C=O) groups excluding carboxylic acids is 1. The molecule has 6 nitrogen and oxygen atoms in total. The lowest BCUT2D eigenvalue weighted by Gasteiger charge is -2.51. The fraction of sp³-hybridized carbons (Fsp3) is 0.737. The molecule has 0 bridgehead atoms. The highest BCUT2D eigenvalue weighted by Crippen LogP contribution is 2.31. The third-order valence-electron chi connectivity index (χ3n) is 6.29. The second-order valence-electron chi connectivity index (χ2n) is 7.98. The van der Waals surface area contributed by atoms with Gasteiger partial charge >= 0.3 is 0 Å². The van der Waals surface area contributed by atoms with E-state index in [0.717, 1.165) is 57.0 Å². The summed E-state index contributed by atoms with van der Waals surface area (Å²) in [5.74, 6) is 0.0874. The van der Waals surface area contributed by atoms with Gasteiger partial charge in [0.15, 0.2) is 0 Å². The van der Waals surface area contributed by atoms with Crippen LogP contribution in [0.2, 0.25) is 0 Å². The first-order valence-electron chi connectivity index (χ1n) is 9.34. The maximum absolute atomic E-state index is 12.9. The van der Waals surface area contributed by atoms with Crippen molar-refractivity contribution >= 4 is 5.91 Å². The molecule has 1 amide bonds. The smallest absolute Gasteiger partial charge is 0.257 e. The second-order valence-corrected chi connectivity index (χ2v) is 7.98. The van der Waals surface area contributed by atoms with Gasteiger partial charge in [0.05, 0.1) is 17.0 Å². The Bertz CT molecular complexity index is 618. The van der Waals surface area contributed by atoms with Crippen LogP contribution in [-0.2, 0) is 0 Å². The molecule has 0 spiro atoms. The van der Waals surface area contributed by atoms with E-state index < -0.39 is 0 Å². The molecule has 1 aromatic rings. The van der Waals surface area contributed by atoms with Crippen molar-refractivity contribution in [3.63, 3.8) is 0 Å². The summed E-state index contributed by atoms with van der Waals surface area (Å²) >= 11 is 0. The number of nitrogens with zero attached hydrogens (tertiary/aromatic N) is 5. The van der Waals surface area contributed by atoms with Gasteiger partial charge in [-0.2, -0.15) is 0 Å². The van der Waals surface area contributed by atoms with Crippen molar-refractivity contribution in [1.82, 2.24) is 24.7 Å². The van der Waals surface area contributed by atoms with Gasteiger partial charge in [0.1, 0.15) is 6.33 Å². The third kappa shape index (κ3) is 3.55. The first-order chi connectivity index (χ1) is 11.8. The van der Waals surface area contributed by atoms with Crippen LogP contribution in [0.1, 0.15) is 48.4 Å². The molecule has 138 valence electrons. The Morgan fingerprint density at radius 2 is 1.72 bits per heavy atom. The van der Waals surface area contributed by atoms with Crippen LogP contribution in [0.5, 0.6) is 0 Å². The van der Waals surface area contributed by atoms with Gasteiger partial charge in [-0.25, -0.2) is 9.97 Å². The van der Waals surface area contributed by atoms with Crippen LogP contribution >= 0.6 is 0 Å². The fourth-order valence-corrected chi connectivity index (χ4v) is 4.11. The van der Waals surface area contributed by atoms with E-state index in [0.29, 0.717) is 11.6 Å². The Labute approximate surface area is 151 Å². The Morgan fingerprint density at radius 1 is 1.12 bits per heavy atom. The van der Waals surface area contributed by atoms with Crippen LogP contribution in [0.15, 0.2) is 6.33 Å². The highest BCUT2D eigenvalue weighted by atomic mass is 16.2. The van der Waals surface area contributed by atoms with Crippen molar-refractivity contribution < 1.29 is 4.79 Å². The van der Waals surface area contributed by atoms with E-state index in [1.54, 1.807) is 0 Å². The molecule has 2 aliphatic heterocycles. The number of aryl methyl sites for hydroxylation is 2. The zero-order valence-corrected chi connectivity index (χ0v) is 16.2. The van der Waals surface area contributed by atoms with Gasteiger partial charge in [-0.05, 0) is 47.6 Å². The number of piperidine rings is 1. The highest BCUT2D eigenvalue weighted by molar-refractivity contribution is 5.96. The summed E-state index contributed by atoms with van der Waals surface area (Å²) < 4.78 is 0. The lowest BCUT2D eigenvalue weighted by molar-refractivity contribution is -0.0102. The van der Waals surface area contributed by atoms with Gasteiger partial charge in [0.2, 0.25) is 0 Å². The molecule has 0 saturated carbocycles. The molecule has 0 unspecified atom stereocenters.